The monoisotopic (exact) mass is 442 g/mol. The smallest absolute Gasteiger partial charge is 0.224 e. The Balaban J connectivity index is 1.71. The highest BCUT2D eigenvalue weighted by Crippen LogP contribution is 2.27. The number of rotatable bonds is 4. The summed E-state index contributed by atoms with van der Waals surface area (Å²) in [5.41, 5.74) is 5.32. The molecule has 0 spiro atoms. The number of nitrogens with one attached hydrogen (secondary N) is 1. The van der Waals surface area contributed by atoms with Crippen molar-refractivity contribution in [3.63, 3.8) is 0 Å². The van der Waals surface area contributed by atoms with Crippen molar-refractivity contribution in [1.82, 2.24) is 15.0 Å². The summed E-state index contributed by atoms with van der Waals surface area (Å²) < 4.78 is 0.943. The third-order valence-electron chi connectivity index (χ3n) is 3.14. The lowest BCUT2D eigenvalue weighted by molar-refractivity contribution is 1.07. The molecular formula is C15H12ClIN4S. The van der Waals surface area contributed by atoms with E-state index >= 15 is 0 Å². The van der Waals surface area contributed by atoms with Gasteiger partial charge in [0, 0.05) is 12.7 Å². The molecule has 7 heteroatoms. The molecule has 1 aromatic carbocycles. The quantitative estimate of drug-likeness (QED) is 0.467. The molecule has 0 radical (unpaired) electrons. The molecule has 3 rings (SSSR count). The van der Waals surface area contributed by atoms with Crippen LogP contribution in [0, 0.1) is 10.5 Å². The summed E-state index contributed by atoms with van der Waals surface area (Å²) in [5.74, 6) is 0.753. The van der Waals surface area contributed by atoms with Gasteiger partial charge in [-0.3, -0.25) is 0 Å². The maximum absolute atomic E-state index is 5.82. The molecule has 0 aliphatic carbocycles. The lowest BCUT2D eigenvalue weighted by atomic mass is 10.1. The Bertz CT molecular complexity index is 788. The Labute approximate surface area is 151 Å². The summed E-state index contributed by atoms with van der Waals surface area (Å²) in [6, 6.07) is 8.46. The molecule has 0 bridgehead atoms. The van der Waals surface area contributed by atoms with Crippen molar-refractivity contribution in [2.24, 2.45) is 0 Å². The highest BCUT2D eigenvalue weighted by molar-refractivity contribution is 14.1. The molecule has 0 amide bonds. The average molecular weight is 443 g/mol. The molecule has 2 aromatic heterocycles. The van der Waals surface area contributed by atoms with Crippen LogP contribution in [0.2, 0.25) is 5.28 Å². The first-order valence-corrected chi connectivity index (χ1v) is 8.88. The second kappa shape index (κ2) is 6.89. The Morgan fingerprint density at radius 3 is 2.68 bits per heavy atom. The number of aromatic nitrogens is 3. The second-order valence-electron chi connectivity index (χ2n) is 4.65. The van der Waals surface area contributed by atoms with E-state index in [1.165, 1.54) is 16.0 Å². The second-order valence-corrected chi connectivity index (χ2v) is 7.01. The fourth-order valence-electron chi connectivity index (χ4n) is 2.01. The first-order chi connectivity index (χ1) is 10.6. The zero-order chi connectivity index (χ0) is 15.5. The van der Waals surface area contributed by atoms with Gasteiger partial charge in [-0.15, -0.1) is 11.3 Å². The summed E-state index contributed by atoms with van der Waals surface area (Å²) >= 11 is 9.67. The van der Waals surface area contributed by atoms with Crippen LogP contribution in [-0.2, 0) is 6.54 Å². The average Bonchev–Trinajstić information content (AvgIpc) is 2.95. The van der Waals surface area contributed by atoms with Crippen molar-refractivity contribution in [2.75, 3.05) is 5.32 Å². The fourth-order valence-corrected chi connectivity index (χ4v) is 3.40. The summed E-state index contributed by atoms with van der Waals surface area (Å²) in [6.07, 6.45) is 1.70. The van der Waals surface area contributed by atoms with Crippen molar-refractivity contribution < 1.29 is 0 Å². The molecule has 112 valence electrons. The van der Waals surface area contributed by atoms with Crippen molar-refractivity contribution in [2.45, 2.75) is 13.5 Å². The molecule has 0 unspecified atom stereocenters. The minimum Gasteiger partial charge on any atom is -0.365 e. The van der Waals surface area contributed by atoms with E-state index in [0.29, 0.717) is 6.54 Å². The van der Waals surface area contributed by atoms with Gasteiger partial charge >= 0.3 is 0 Å². The van der Waals surface area contributed by atoms with Crippen LogP contribution in [0.15, 0.2) is 36.0 Å². The molecule has 4 nitrogen and oxygen atoms in total. The molecule has 3 aromatic rings. The highest BCUT2D eigenvalue weighted by atomic mass is 127. The van der Waals surface area contributed by atoms with Gasteiger partial charge in [0.25, 0.3) is 0 Å². The summed E-state index contributed by atoms with van der Waals surface area (Å²) in [7, 11) is 0. The van der Waals surface area contributed by atoms with Gasteiger partial charge in [-0.05, 0) is 52.2 Å². The van der Waals surface area contributed by atoms with Crippen LogP contribution in [0.1, 0.15) is 11.3 Å². The van der Waals surface area contributed by atoms with Crippen LogP contribution in [0.25, 0.3) is 10.4 Å². The molecule has 0 saturated heterocycles. The topological polar surface area (TPSA) is 50.7 Å². The first kappa shape index (κ1) is 15.6. The number of hydrogen-bond donors (Lipinski definition) is 1. The van der Waals surface area contributed by atoms with Crippen molar-refractivity contribution >= 4 is 51.3 Å². The van der Waals surface area contributed by atoms with Gasteiger partial charge in [0.1, 0.15) is 5.82 Å². The fraction of sp³-hybridized carbons (Fsp3) is 0.133. The van der Waals surface area contributed by atoms with Crippen molar-refractivity contribution in [3.05, 3.63) is 56.1 Å². The van der Waals surface area contributed by atoms with Crippen LogP contribution in [0.5, 0.6) is 0 Å². The van der Waals surface area contributed by atoms with Crippen LogP contribution < -0.4 is 5.32 Å². The third kappa shape index (κ3) is 3.56. The van der Waals surface area contributed by atoms with Gasteiger partial charge in [0.05, 0.1) is 19.7 Å². The van der Waals surface area contributed by atoms with E-state index in [0.717, 1.165) is 15.1 Å². The number of nitrogens with zero attached hydrogens (tertiary/aromatic N) is 3. The predicted molar refractivity (Wildman–Crippen MR) is 99.4 cm³/mol. The summed E-state index contributed by atoms with van der Waals surface area (Å²) in [6.45, 7) is 2.72. The van der Waals surface area contributed by atoms with Gasteiger partial charge in [0.15, 0.2) is 0 Å². The van der Waals surface area contributed by atoms with E-state index in [-0.39, 0.29) is 5.28 Å². The van der Waals surface area contributed by atoms with Gasteiger partial charge in [0.2, 0.25) is 5.28 Å². The summed E-state index contributed by atoms with van der Waals surface area (Å²) in [5, 5.41) is 3.53. The van der Waals surface area contributed by atoms with Gasteiger partial charge < -0.3 is 5.32 Å². The summed E-state index contributed by atoms with van der Waals surface area (Å²) in [4.78, 5) is 13.6. The zero-order valence-corrected chi connectivity index (χ0v) is 15.4. The molecule has 0 saturated carbocycles. The minimum absolute atomic E-state index is 0.249. The number of hydrogen-bond acceptors (Lipinski definition) is 5. The van der Waals surface area contributed by atoms with Gasteiger partial charge in [-0.2, -0.15) is 4.98 Å². The van der Waals surface area contributed by atoms with Crippen LogP contribution in [0.4, 0.5) is 5.82 Å². The van der Waals surface area contributed by atoms with E-state index in [1.54, 1.807) is 17.5 Å². The normalized spacial score (nSPS) is 10.7. The van der Waals surface area contributed by atoms with Gasteiger partial charge in [-0.25, -0.2) is 9.97 Å². The van der Waals surface area contributed by atoms with E-state index in [1.807, 2.05) is 12.4 Å². The lowest BCUT2D eigenvalue weighted by Crippen LogP contribution is -2.04. The van der Waals surface area contributed by atoms with Crippen molar-refractivity contribution in [1.29, 1.82) is 0 Å². The Hall–Kier alpha value is -1.25. The number of halogens is 2. The molecule has 0 aliphatic rings. The molecule has 0 aliphatic heterocycles. The first-order valence-electron chi connectivity index (χ1n) is 6.55. The Kier molecular flexibility index (Phi) is 4.90. The van der Waals surface area contributed by atoms with E-state index in [4.69, 9.17) is 11.6 Å². The minimum atomic E-state index is 0.249. The van der Waals surface area contributed by atoms with E-state index < -0.39 is 0 Å². The molecule has 1 N–H and O–H groups in total. The SMILES string of the molecule is Cc1ncsc1-c1ccc(CNc2nc(Cl)ncc2I)cc1. The highest BCUT2D eigenvalue weighted by Gasteiger charge is 2.06. The number of thiazole rings is 1. The zero-order valence-electron chi connectivity index (χ0n) is 11.7. The van der Waals surface area contributed by atoms with Crippen LogP contribution in [-0.4, -0.2) is 15.0 Å². The maximum atomic E-state index is 5.82. The van der Waals surface area contributed by atoms with Crippen LogP contribution in [0.3, 0.4) is 0 Å². The number of aryl methyl sites for hydroxylation is 1. The van der Waals surface area contributed by atoms with E-state index in [9.17, 15) is 0 Å². The lowest BCUT2D eigenvalue weighted by Gasteiger charge is -2.08. The molecular weight excluding hydrogens is 431 g/mol. The largest absolute Gasteiger partial charge is 0.365 e. The number of benzene rings is 1. The van der Waals surface area contributed by atoms with Crippen molar-refractivity contribution in [3.8, 4) is 10.4 Å². The maximum Gasteiger partial charge on any atom is 0.224 e. The third-order valence-corrected chi connectivity index (χ3v) is 5.09. The Morgan fingerprint density at radius 2 is 2.00 bits per heavy atom. The number of anilines is 1. The van der Waals surface area contributed by atoms with Gasteiger partial charge in [-0.1, -0.05) is 24.3 Å². The Morgan fingerprint density at radius 1 is 1.23 bits per heavy atom. The standard InChI is InChI=1S/C15H12ClIN4S/c1-9-13(22-8-20-9)11-4-2-10(3-5-11)6-18-14-12(17)7-19-15(16)21-14/h2-5,7-8H,6H2,1H3,(H,18,19,21). The molecule has 0 atom stereocenters. The predicted octanol–water partition coefficient (Wildman–Crippen LogP) is 4.78. The molecule has 22 heavy (non-hydrogen) atoms. The molecule has 2 heterocycles. The van der Waals surface area contributed by atoms with E-state index in [2.05, 4.69) is 67.1 Å². The molecule has 0 fully saturated rings. The van der Waals surface area contributed by atoms with Crippen LogP contribution >= 0.6 is 45.5 Å².